The molecule has 0 fully saturated rings. The Labute approximate surface area is 108 Å². The number of aromatic nitrogens is 1. The van der Waals surface area contributed by atoms with Gasteiger partial charge in [-0.1, -0.05) is 13.3 Å². The van der Waals surface area contributed by atoms with E-state index in [-0.39, 0.29) is 0 Å². The zero-order chi connectivity index (χ0) is 13.4. The van der Waals surface area contributed by atoms with Crippen molar-refractivity contribution in [3.63, 3.8) is 0 Å². The number of rotatable bonds is 7. The number of aliphatic carboxylic acids is 1. The zero-order valence-corrected chi connectivity index (χ0v) is 11.0. The van der Waals surface area contributed by atoms with Crippen molar-refractivity contribution in [3.8, 4) is 0 Å². The summed E-state index contributed by atoms with van der Waals surface area (Å²) in [6.45, 7) is 6.04. The van der Waals surface area contributed by atoms with Gasteiger partial charge >= 0.3 is 5.97 Å². The molecule has 1 aromatic heterocycles. The average Bonchev–Trinajstić information content (AvgIpc) is 2.38. The molecular weight excluding hydrogens is 228 g/mol. The number of unbranched alkanes of at least 4 members (excludes halogenated alkanes) is 1. The van der Waals surface area contributed by atoms with Gasteiger partial charge in [-0.05, 0) is 31.6 Å². The Hall–Kier alpha value is -1.84. The first-order valence-electron chi connectivity index (χ1n) is 6.30. The first-order chi connectivity index (χ1) is 8.69. The molecule has 0 saturated heterocycles. The van der Waals surface area contributed by atoms with Gasteiger partial charge in [-0.25, -0.2) is 9.78 Å². The summed E-state index contributed by atoms with van der Waals surface area (Å²) in [7, 11) is 0. The van der Waals surface area contributed by atoms with Gasteiger partial charge in [0, 0.05) is 30.9 Å². The minimum absolute atomic E-state index is 0.845. The standard InChI is InChI=1S/C14H20N2O2/c1-3-5-11-16(4-2)14-12(7-6-10-15-14)8-9-13(17)18/h6-10H,3-5,11H2,1-2H3,(H,17,18)/b9-8+. The Kier molecular flexibility index (Phi) is 5.91. The third kappa shape index (κ3) is 4.20. The van der Waals surface area contributed by atoms with E-state index in [9.17, 15) is 4.79 Å². The Morgan fingerprint density at radius 1 is 1.50 bits per heavy atom. The molecule has 18 heavy (non-hydrogen) atoms. The number of pyridine rings is 1. The number of hydrogen-bond acceptors (Lipinski definition) is 3. The van der Waals surface area contributed by atoms with Gasteiger partial charge in [0.05, 0.1) is 0 Å². The summed E-state index contributed by atoms with van der Waals surface area (Å²) >= 11 is 0. The lowest BCUT2D eigenvalue weighted by molar-refractivity contribution is -0.131. The molecule has 0 bridgehead atoms. The van der Waals surface area contributed by atoms with Crippen LogP contribution in [0.3, 0.4) is 0 Å². The van der Waals surface area contributed by atoms with Gasteiger partial charge in [0.25, 0.3) is 0 Å². The third-order valence-corrected chi connectivity index (χ3v) is 2.69. The fourth-order valence-corrected chi connectivity index (χ4v) is 1.73. The van der Waals surface area contributed by atoms with Crippen molar-refractivity contribution in [3.05, 3.63) is 30.0 Å². The van der Waals surface area contributed by atoms with Crippen molar-refractivity contribution >= 4 is 17.9 Å². The Morgan fingerprint density at radius 2 is 2.28 bits per heavy atom. The molecule has 0 saturated carbocycles. The molecule has 4 nitrogen and oxygen atoms in total. The predicted molar refractivity (Wildman–Crippen MR) is 73.7 cm³/mol. The molecule has 0 aromatic carbocycles. The highest BCUT2D eigenvalue weighted by Gasteiger charge is 2.08. The molecule has 4 heteroatoms. The zero-order valence-electron chi connectivity index (χ0n) is 11.0. The quantitative estimate of drug-likeness (QED) is 0.754. The van der Waals surface area contributed by atoms with E-state index in [0.717, 1.165) is 43.4 Å². The lowest BCUT2D eigenvalue weighted by Gasteiger charge is -2.23. The molecule has 0 amide bonds. The van der Waals surface area contributed by atoms with Crippen molar-refractivity contribution in [2.24, 2.45) is 0 Å². The van der Waals surface area contributed by atoms with E-state index in [1.165, 1.54) is 0 Å². The monoisotopic (exact) mass is 248 g/mol. The van der Waals surface area contributed by atoms with Crippen LogP contribution in [0.2, 0.25) is 0 Å². The molecule has 0 radical (unpaired) electrons. The number of carboxylic acids is 1. The van der Waals surface area contributed by atoms with Crippen LogP contribution in [0.15, 0.2) is 24.4 Å². The van der Waals surface area contributed by atoms with E-state index in [2.05, 4.69) is 23.7 Å². The second kappa shape index (κ2) is 7.48. The molecule has 0 aliphatic carbocycles. The summed E-state index contributed by atoms with van der Waals surface area (Å²) in [5, 5.41) is 8.68. The third-order valence-electron chi connectivity index (χ3n) is 2.69. The van der Waals surface area contributed by atoms with E-state index in [1.807, 2.05) is 12.1 Å². The molecule has 0 atom stereocenters. The Bertz CT molecular complexity index is 416. The summed E-state index contributed by atoms with van der Waals surface area (Å²) in [4.78, 5) is 17.1. The largest absolute Gasteiger partial charge is 0.478 e. The lowest BCUT2D eigenvalue weighted by atomic mass is 10.2. The van der Waals surface area contributed by atoms with Gasteiger partial charge in [0.15, 0.2) is 0 Å². The van der Waals surface area contributed by atoms with Crippen molar-refractivity contribution in [1.29, 1.82) is 0 Å². The minimum Gasteiger partial charge on any atom is -0.478 e. The molecule has 1 N–H and O–H groups in total. The number of anilines is 1. The minimum atomic E-state index is -0.943. The molecule has 0 aliphatic heterocycles. The fraction of sp³-hybridized carbons (Fsp3) is 0.429. The number of carbonyl (C=O) groups is 1. The SMILES string of the molecule is CCCCN(CC)c1ncccc1/C=C/C(=O)O. The normalized spacial score (nSPS) is 10.8. The van der Waals surface area contributed by atoms with E-state index >= 15 is 0 Å². The lowest BCUT2D eigenvalue weighted by Crippen LogP contribution is -2.25. The second-order valence-electron chi connectivity index (χ2n) is 4.02. The predicted octanol–water partition coefficient (Wildman–Crippen LogP) is 2.81. The van der Waals surface area contributed by atoms with E-state index < -0.39 is 5.97 Å². The van der Waals surface area contributed by atoms with Crippen LogP contribution in [0.1, 0.15) is 32.3 Å². The molecule has 1 rings (SSSR count). The van der Waals surface area contributed by atoms with Gasteiger partial charge in [-0.15, -0.1) is 0 Å². The summed E-state index contributed by atoms with van der Waals surface area (Å²) in [6, 6.07) is 3.70. The molecule has 1 aromatic rings. The second-order valence-corrected chi connectivity index (χ2v) is 4.02. The number of carboxylic acid groups (broad SMARTS) is 1. The maximum Gasteiger partial charge on any atom is 0.328 e. The van der Waals surface area contributed by atoms with Gasteiger partial charge in [-0.3, -0.25) is 0 Å². The maximum absolute atomic E-state index is 10.6. The van der Waals surface area contributed by atoms with Crippen molar-refractivity contribution in [2.75, 3.05) is 18.0 Å². The van der Waals surface area contributed by atoms with Crippen LogP contribution in [-0.4, -0.2) is 29.1 Å². The van der Waals surface area contributed by atoms with Gasteiger partial charge in [-0.2, -0.15) is 0 Å². The van der Waals surface area contributed by atoms with Crippen LogP contribution < -0.4 is 4.90 Å². The molecular formula is C14H20N2O2. The van der Waals surface area contributed by atoms with Crippen LogP contribution >= 0.6 is 0 Å². The first-order valence-corrected chi connectivity index (χ1v) is 6.30. The summed E-state index contributed by atoms with van der Waals surface area (Å²) < 4.78 is 0. The van der Waals surface area contributed by atoms with Crippen LogP contribution in [0, 0.1) is 0 Å². The van der Waals surface area contributed by atoms with Crippen molar-refractivity contribution < 1.29 is 9.90 Å². The highest BCUT2D eigenvalue weighted by atomic mass is 16.4. The van der Waals surface area contributed by atoms with Gasteiger partial charge in [0.2, 0.25) is 0 Å². The Morgan fingerprint density at radius 3 is 2.89 bits per heavy atom. The summed E-state index contributed by atoms with van der Waals surface area (Å²) in [5.74, 6) is -0.0904. The van der Waals surface area contributed by atoms with Gasteiger partial charge in [0.1, 0.15) is 5.82 Å². The van der Waals surface area contributed by atoms with Crippen molar-refractivity contribution in [2.45, 2.75) is 26.7 Å². The highest BCUT2D eigenvalue weighted by Crippen LogP contribution is 2.19. The molecule has 1 heterocycles. The molecule has 0 unspecified atom stereocenters. The smallest absolute Gasteiger partial charge is 0.328 e. The van der Waals surface area contributed by atoms with Crippen molar-refractivity contribution in [1.82, 2.24) is 4.98 Å². The summed E-state index contributed by atoms with van der Waals surface area (Å²) in [6.07, 6.45) is 6.71. The topological polar surface area (TPSA) is 53.4 Å². The highest BCUT2D eigenvalue weighted by molar-refractivity contribution is 5.86. The number of nitrogens with zero attached hydrogens (tertiary/aromatic N) is 2. The molecule has 98 valence electrons. The summed E-state index contributed by atoms with van der Waals surface area (Å²) in [5.41, 5.74) is 0.845. The Balaban J connectivity index is 2.95. The maximum atomic E-state index is 10.6. The van der Waals surface area contributed by atoms with Crippen LogP contribution in [0.25, 0.3) is 6.08 Å². The van der Waals surface area contributed by atoms with Gasteiger partial charge < -0.3 is 10.0 Å². The molecule has 0 spiro atoms. The van der Waals surface area contributed by atoms with E-state index in [0.29, 0.717) is 0 Å². The first kappa shape index (κ1) is 14.2. The fourth-order valence-electron chi connectivity index (χ4n) is 1.73. The van der Waals surface area contributed by atoms with E-state index in [4.69, 9.17) is 5.11 Å². The van der Waals surface area contributed by atoms with Crippen LogP contribution in [0.4, 0.5) is 5.82 Å². The van der Waals surface area contributed by atoms with Crippen LogP contribution in [0.5, 0.6) is 0 Å². The van der Waals surface area contributed by atoms with E-state index in [1.54, 1.807) is 12.3 Å². The molecule has 0 aliphatic rings. The number of hydrogen-bond donors (Lipinski definition) is 1. The van der Waals surface area contributed by atoms with Crippen LogP contribution in [-0.2, 0) is 4.79 Å². The average molecular weight is 248 g/mol.